The molecule has 2 aromatic heterocycles. The average Bonchev–Trinajstić information content (AvgIpc) is 2.93. The summed E-state index contributed by atoms with van der Waals surface area (Å²) >= 11 is 5.91. The first-order valence-corrected chi connectivity index (χ1v) is 6.14. The van der Waals surface area contributed by atoms with Gasteiger partial charge in [-0.25, -0.2) is 4.98 Å². The Hall–Kier alpha value is -2.20. The van der Waals surface area contributed by atoms with E-state index in [0.717, 1.165) is 0 Å². The van der Waals surface area contributed by atoms with Crippen LogP contribution in [0.15, 0.2) is 18.7 Å². The first kappa shape index (κ1) is 13.2. The zero-order chi connectivity index (χ0) is 13.7. The maximum atomic E-state index is 8.65. The van der Waals surface area contributed by atoms with Crippen molar-refractivity contribution in [3.05, 3.63) is 24.0 Å². The van der Waals surface area contributed by atoms with E-state index in [2.05, 4.69) is 26.0 Å². The lowest BCUT2D eigenvalue weighted by atomic mass is 10.4. The fourth-order valence-electron chi connectivity index (χ4n) is 1.55. The molecule has 0 saturated heterocycles. The predicted octanol–water partition coefficient (Wildman–Crippen LogP) is 1.45. The molecule has 0 aliphatic rings. The molecule has 0 aliphatic heterocycles. The van der Waals surface area contributed by atoms with Gasteiger partial charge in [0.05, 0.1) is 12.5 Å². The Kier molecular flexibility index (Phi) is 4.26. The third kappa shape index (κ3) is 3.17. The smallest absolute Gasteiger partial charge is 0.241 e. The summed E-state index contributed by atoms with van der Waals surface area (Å²) in [7, 11) is 0. The van der Waals surface area contributed by atoms with Gasteiger partial charge in [0.2, 0.25) is 17.2 Å². The minimum atomic E-state index is 0.115. The largest absolute Gasteiger partial charge is 0.340 e. The number of hydrogen-bond donors (Lipinski definition) is 0. The third-order valence-electron chi connectivity index (χ3n) is 2.48. The summed E-state index contributed by atoms with van der Waals surface area (Å²) in [6.45, 7) is 3.20. The molecule has 0 N–H and O–H groups in total. The summed E-state index contributed by atoms with van der Waals surface area (Å²) in [6, 6.07) is 2.10. The Morgan fingerprint density at radius 2 is 2.26 bits per heavy atom. The van der Waals surface area contributed by atoms with E-state index >= 15 is 0 Å². The Morgan fingerprint density at radius 3 is 2.89 bits per heavy atom. The molecule has 0 unspecified atom stereocenters. The van der Waals surface area contributed by atoms with Crippen molar-refractivity contribution >= 4 is 17.5 Å². The molecule has 0 radical (unpaired) electrons. The van der Waals surface area contributed by atoms with Crippen molar-refractivity contribution in [2.45, 2.75) is 13.3 Å². The van der Waals surface area contributed by atoms with Crippen LogP contribution in [0.5, 0.6) is 0 Å². The molecule has 2 aromatic rings. The van der Waals surface area contributed by atoms with Gasteiger partial charge in [-0.2, -0.15) is 20.2 Å². The summed E-state index contributed by atoms with van der Waals surface area (Å²) in [5, 5.41) is 8.76. The van der Waals surface area contributed by atoms with E-state index in [4.69, 9.17) is 16.9 Å². The lowest BCUT2D eigenvalue weighted by Crippen LogP contribution is -2.26. The molecule has 0 aromatic carbocycles. The molecule has 0 spiro atoms. The van der Waals surface area contributed by atoms with Crippen molar-refractivity contribution in [3.8, 4) is 12.0 Å². The summed E-state index contributed by atoms with van der Waals surface area (Å²) in [5.74, 6) is 0.865. The molecule has 0 fully saturated rings. The lowest BCUT2D eigenvalue weighted by Gasteiger charge is -2.19. The van der Waals surface area contributed by atoms with Gasteiger partial charge < -0.3 is 4.90 Å². The van der Waals surface area contributed by atoms with Gasteiger partial charge in [0.15, 0.2) is 0 Å². The molecule has 98 valence electrons. The van der Waals surface area contributed by atoms with Crippen LogP contribution < -0.4 is 4.90 Å². The maximum absolute atomic E-state index is 8.65. The van der Waals surface area contributed by atoms with Crippen LogP contribution in [-0.4, -0.2) is 37.6 Å². The molecular formula is C11H12ClN7. The minimum absolute atomic E-state index is 0.115. The minimum Gasteiger partial charge on any atom is -0.340 e. The van der Waals surface area contributed by atoms with Gasteiger partial charge in [0, 0.05) is 25.5 Å². The lowest BCUT2D eigenvalue weighted by molar-refractivity contribution is 0.771. The first-order valence-electron chi connectivity index (χ1n) is 5.76. The Bertz CT molecular complexity index is 575. The number of rotatable bonds is 5. The van der Waals surface area contributed by atoms with Gasteiger partial charge in [-0.1, -0.05) is 0 Å². The SMILES string of the molecule is CCN(CCC#N)c1nc(Cl)nc(-n2ccnc2)n1. The molecule has 0 atom stereocenters. The molecule has 0 saturated carbocycles. The molecule has 8 heteroatoms. The van der Waals surface area contributed by atoms with Gasteiger partial charge in [-0.3, -0.25) is 4.57 Å². The number of nitriles is 1. The Morgan fingerprint density at radius 1 is 1.42 bits per heavy atom. The highest BCUT2D eigenvalue weighted by molar-refractivity contribution is 6.28. The number of halogens is 1. The van der Waals surface area contributed by atoms with Crippen molar-refractivity contribution in [2.24, 2.45) is 0 Å². The topological polar surface area (TPSA) is 83.5 Å². The standard InChI is InChI=1S/C11H12ClN7/c1-2-18(6-3-4-13)10-15-9(12)16-11(17-10)19-7-5-14-8-19/h5,7-8H,2-3,6H2,1H3. The van der Waals surface area contributed by atoms with E-state index in [1.54, 1.807) is 23.3 Å². The number of anilines is 1. The zero-order valence-corrected chi connectivity index (χ0v) is 11.1. The maximum Gasteiger partial charge on any atom is 0.241 e. The molecule has 0 aliphatic carbocycles. The van der Waals surface area contributed by atoms with E-state index in [-0.39, 0.29) is 5.28 Å². The van der Waals surface area contributed by atoms with Crippen molar-refractivity contribution < 1.29 is 0 Å². The number of aromatic nitrogens is 5. The van der Waals surface area contributed by atoms with Crippen LogP contribution in [0.2, 0.25) is 5.28 Å². The first-order chi connectivity index (χ1) is 9.24. The fourth-order valence-corrected chi connectivity index (χ4v) is 1.70. The van der Waals surface area contributed by atoms with E-state index in [1.165, 1.54) is 0 Å². The summed E-state index contributed by atoms with van der Waals surface area (Å²) in [5.41, 5.74) is 0. The van der Waals surface area contributed by atoms with Crippen molar-refractivity contribution in [3.63, 3.8) is 0 Å². The molecule has 2 rings (SSSR count). The second-order valence-corrected chi connectivity index (χ2v) is 4.00. The predicted molar refractivity (Wildman–Crippen MR) is 70.1 cm³/mol. The van der Waals surface area contributed by atoms with Crippen LogP contribution in [0.3, 0.4) is 0 Å². The summed E-state index contributed by atoms with van der Waals surface area (Å²) in [4.78, 5) is 18.3. The molecule has 19 heavy (non-hydrogen) atoms. The Balaban J connectivity index is 2.33. The average molecular weight is 278 g/mol. The second-order valence-electron chi connectivity index (χ2n) is 3.66. The Labute approximate surface area is 115 Å². The van der Waals surface area contributed by atoms with Crippen molar-refractivity contribution in [1.29, 1.82) is 5.26 Å². The molecule has 7 nitrogen and oxygen atoms in total. The van der Waals surface area contributed by atoms with E-state index in [9.17, 15) is 0 Å². The van der Waals surface area contributed by atoms with Crippen LogP contribution in [0, 0.1) is 11.3 Å². The van der Waals surface area contributed by atoms with Crippen LogP contribution in [0.1, 0.15) is 13.3 Å². The molecule has 0 bridgehead atoms. The van der Waals surface area contributed by atoms with Crippen LogP contribution in [-0.2, 0) is 0 Å². The van der Waals surface area contributed by atoms with Gasteiger partial charge in [-0.15, -0.1) is 0 Å². The van der Waals surface area contributed by atoms with Crippen molar-refractivity contribution in [1.82, 2.24) is 24.5 Å². The van der Waals surface area contributed by atoms with E-state index in [0.29, 0.717) is 31.4 Å². The molecule has 2 heterocycles. The van der Waals surface area contributed by atoms with Gasteiger partial charge in [0.1, 0.15) is 6.33 Å². The number of hydrogen-bond acceptors (Lipinski definition) is 6. The summed E-state index contributed by atoms with van der Waals surface area (Å²) in [6.07, 6.45) is 5.34. The highest BCUT2D eigenvalue weighted by atomic mass is 35.5. The van der Waals surface area contributed by atoms with Crippen molar-refractivity contribution in [2.75, 3.05) is 18.0 Å². The quantitative estimate of drug-likeness (QED) is 0.822. The monoisotopic (exact) mass is 277 g/mol. The molecule has 0 amide bonds. The van der Waals surface area contributed by atoms with Gasteiger partial charge in [-0.05, 0) is 18.5 Å². The second kappa shape index (κ2) is 6.11. The highest BCUT2D eigenvalue weighted by Crippen LogP contribution is 2.13. The van der Waals surface area contributed by atoms with Crippen LogP contribution in [0.25, 0.3) is 5.95 Å². The van der Waals surface area contributed by atoms with Crippen LogP contribution in [0.4, 0.5) is 5.95 Å². The van der Waals surface area contributed by atoms with E-state index < -0.39 is 0 Å². The highest BCUT2D eigenvalue weighted by Gasteiger charge is 2.12. The zero-order valence-electron chi connectivity index (χ0n) is 10.4. The van der Waals surface area contributed by atoms with Gasteiger partial charge >= 0.3 is 0 Å². The fraction of sp³-hybridized carbons (Fsp3) is 0.364. The van der Waals surface area contributed by atoms with E-state index in [1.807, 2.05) is 11.8 Å². The van der Waals surface area contributed by atoms with Crippen LogP contribution >= 0.6 is 11.6 Å². The number of imidazole rings is 1. The third-order valence-corrected chi connectivity index (χ3v) is 2.65. The normalized spacial score (nSPS) is 10.2. The summed E-state index contributed by atoms with van der Waals surface area (Å²) < 4.78 is 1.65. The number of nitrogens with zero attached hydrogens (tertiary/aromatic N) is 7. The molecular weight excluding hydrogens is 266 g/mol. The van der Waals surface area contributed by atoms with Gasteiger partial charge in [0.25, 0.3) is 0 Å².